The predicted octanol–water partition coefficient (Wildman–Crippen LogP) is 3.10. The summed E-state index contributed by atoms with van der Waals surface area (Å²) in [7, 11) is 0. The van der Waals surface area contributed by atoms with Gasteiger partial charge in [0.05, 0.1) is 6.61 Å². The van der Waals surface area contributed by atoms with Crippen molar-refractivity contribution in [2.75, 3.05) is 6.61 Å². The molecule has 0 aliphatic carbocycles. The Hall–Kier alpha value is -2.93. The second kappa shape index (κ2) is 9.14. The van der Waals surface area contributed by atoms with E-state index in [4.69, 9.17) is 16.3 Å². The number of benzene rings is 1. The van der Waals surface area contributed by atoms with Crippen LogP contribution in [0, 0.1) is 6.92 Å². The molecule has 0 saturated heterocycles. The lowest BCUT2D eigenvalue weighted by molar-refractivity contribution is -0.121. The number of ether oxygens (including phenoxy) is 1. The van der Waals surface area contributed by atoms with Gasteiger partial charge in [0.15, 0.2) is 5.82 Å². The van der Waals surface area contributed by atoms with Gasteiger partial charge in [-0.05, 0) is 43.2 Å². The van der Waals surface area contributed by atoms with E-state index in [1.54, 1.807) is 23.3 Å². The second-order valence-electron chi connectivity index (χ2n) is 5.96. The molecule has 7 nitrogen and oxygen atoms in total. The quantitative estimate of drug-likeness (QED) is 0.602. The average molecular weight is 386 g/mol. The van der Waals surface area contributed by atoms with Crippen LogP contribution in [0.25, 0.3) is 5.82 Å². The molecule has 0 aliphatic heterocycles. The highest BCUT2D eigenvalue weighted by molar-refractivity contribution is 6.30. The van der Waals surface area contributed by atoms with E-state index in [1.807, 2.05) is 31.2 Å². The smallest absolute Gasteiger partial charge is 0.220 e. The number of hydrogen-bond acceptors (Lipinski definition) is 5. The van der Waals surface area contributed by atoms with Crippen molar-refractivity contribution in [1.29, 1.82) is 0 Å². The molecule has 2 heterocycles. The van der Waals surface area contributed by atoms with E-state index in [-0.39, 0.29) is 5.91 Å². The highest BCUT2D eigenvalue weighted by Crippen LogP contribution is 2.21. The number of nitrogens with zero attached hydrogens (tertiary/aromatic N) is 4. The Kier molecular flexibility index (Phi) is 6.38. The monoisotopic (exact) mass is 385 g/mol. The van der Waals surface area contributed by atoms with Gasteiger partial charge in [0.1, 0.15) is 18.4 Å². The fraction of sp³-hybridized carbons (Fsp3) is 0.263. The lowest BCUT2D eigenvalue weighted by Gasteiger charge is -2.10. The van der Waals surface area contributed by atoms with E-state index in [0.29, 0.717) is 36.8 Å². The molecule has 3 rings (SSSR count). The number of rotatable bonds is 8. The van der Waals surface area contributed by atoms with Crippen LogP contribution in [0.15, 0.2) is 49.2 Å². The van der Waals surface area contributed by atoms with Gasteiger partial charge >= 0.3 is 0 Å². The molecule has 0 bridgehead atoms. The molecule has 8 heteroatoms. The number of halogens is 1. The highest BCUT2D eigenvalue weighted by Gasteiger charge is 2.08. The molecule has 0 aliphatic rings. The first kappa shape index (κ1) is 18.8. The minimum Gasteiger partial charge on any atom is -0.493 e. The van der Waals surface area contributed by atoms with Gasteiger partial charge < -0.3 is 10.1 Å². The normalized spacial score (nSPS) is 10.6. The molecule has 0 atom stereocenters. The second-order valence-corrected chi connectivity index (χ2v) is 6.40. The van der Waals surface area contributed by atoms with Crippen LogP contribution in [-0.2, 0) is 11.3 Å². The number of amides is 1. The molecule has 0 unspecified atom stereocenters. The molecule has 0 radical (unpaired) electrons. The van der Waals surface area contributed by atoms with E-state index in [0.717, 1.165) is 16.9 Å². The Labute approximate surface area is 162 Å². The molecule has 27 heavy (non-hydrogen) atoms. The molecule has 0 fully saturated rings. The lowest BCUT2D eigenvalue weighted by atomic mass is 10.2. The third-order valence-corrected chi connectivity index (χ3v) is 4.16. The summed E-state index contributed by atoms with van der Waals surface area (Å²) in [5.41, 5.74) is 1.84. The molecule has 3 aromatic rings. The summed E-state index contributed by atoms with van der Waals surface area (Å²) in [5.74, 6) is 1.39. The first-order valence-electron chi connectivity index (χ1n) is 8.58. The summed E-state index contributed by atoms with van der Waals surface area (Å²) >= 11 is 5.93. The van der Waals surface area contributed by atoms with Crippen molar-refractivity contribution in [3.8, 4) is 11.6 Å². The van der Waals surface area contributed by atoms with Gasteiger partial charge in [-0.15, -0.1) is 0 Å². The number of carbonyl (C=O) groups excluding carboxylic acids is 1. The summed E-state index contributed by atoms with van der Waals surface area (Å²) in [5, 5.41) is 7.67. The third-order valence-electron chi connectivity index (χ3n) is 3.92. The highest BCUT2D eigenvalue weighted by atomic mass is 35.5. The van der Waals surface area contributed by atoms with Crippen LogP contribution in [0.1, 0.15) is 24.0 Å². The van der Waals surface area contributed by atoms with Crippen molar-refractivity contribution < 1.29 is 9.53 Å². The van der Waals surface area contributed by atoms with Crippen LogP contribution < -0.4 is 10.1 Å². The summed E-state index contributed by atoms with van der Waals surface area (Å²) in [4.78, 5) is 20.3. The first-order chi connectivity index (χ1) is 13.1. The zero-order valence-electron chi connectivity index (χ0n) is 14.9. The zero-order valence-corrected chi connectivity index (χ0v) is 15.7. The molecule has 0 saturated carbocycles. The van der Waals surface area contributed by atoms with Crippen LogP contribution in [0.5, 0.6) is 5.75 Å². The van der Waals surface area contributed by atoms with Gasteiger partial charge in [0.2, 0.25) is 5.91 Å². The third kappa shape index (κ3) is 5.27. The van der Waals surface area contributed by atoms with E-state index in [1.165, 1.54) is 6.33 Å². The van der Waals surface area contributed by atoms with Crippen LogP contribution in [-0.4, -0.2) is 32.3 Å². The fourth-order valence-corrected chi connectivity index (χ4v) is 2.79. The van der Waals surface area contributed by atoms with E-state index in [2.05, 4.69) is 20.4 Å². The summed E-state index contributed by atoms with van der Waals surface area (Å²) in [6, 6.07) is 9.20. The van der Waals surface area contributed by atoms with E-state index < -0.39 is 0 Å². The van der Waals surface area contributed by atoms with Crippen molar-refractivity contribution in [2.24, 2.45) is 0 Å². The van der Waals surface area contributed by atoms with Crippen molar-refractivity contribution in [2.45, 2.75) is 26.3 Å². The van der Waals surface area contributed by atoms with Crippen LogP contribution in [0.4, 0.5) is 0 Å². The Balaban J connectivity index is 1.44. The van der Waals surface area contributed by atoms with E-state index in [9.17, 15) is 4.79 Å². The van der Waals surface area contributed by atoms with Gasteiger partial charge in [0, 0.05) is 29.7 Å². The number of hydrogen-bond donors (Lipinski definition) is 1. The van der Waals surface area contributed by atoms with Crippen molar-refractivity contribution in [3.05, 3.63) is 65.3 Å². The first-order valence-corrected chi connectivity index (χ1v) is 8.96. The molecule has 1 amide bonds. The van der Waals surface area contributed by atoms with Crippen LogP contribution in [0.2, 0.25) is 5.02 Å². The Morgan fingerprint density at radius 2 is 2.22 bits per heavy atom. The van der Waals surface area contributed by atoms with Gasteiger partial charge in [0.25, 0.3) is 0 Å². The molecular weight excluding hydrogens is 366 g/mol. The summed E-state index contributed by atoms with van der Waals surface area (Å²) in [6.45, 7) is 2.78. The molecular formula is C19H20ClN5O2. The minimum atomic E-state index is -0.0418. The number of carbonyl (C=O) groups is 1. The Bertz CT molecular complexity index is 899. The van der Waals surface area contributed by atoms with Gasteiger partial charge in [-0.1, -0.05) is 17.7 Å². The minimum absolute atomic E-state index is 0.0418. The number of pyridine rings is 1. The molecule has 2 aromatic heterocycles. The Morgan fingerprint density at radius 1 is 1.33 bits per heavy atom. The van der Waals surface area contributed by atoms with Crippen LogP contribution >= 0.6 is 11.6 Å². The predicted molar refractivity (Wildman–Crippen MR) is 102 cm³/mol. The topological polar surface area (TPSA) is 81.9 Å². The molecule has 1 N–H and O–H groups in total. The lowest BCUT2D eigenvalue weighted by Crippen LogP contribution is -2.24. The molecule has 1 aromatic carbocycles. The van der Waals surface area contributed by atoms with Crippen molar-refractivity contribution in [1.82, 2.24) is 25.1 Å². The van der Waals surface area contributed by atoms with Crippen molar-refractivity contribution >= 4 is 17.5 Å². The van der Waals surface area contributed by atoms with Crippen molar-refractivity contribution in [3.63, 3.8) is 0 Å². The number of nitrogens with one attached hydrogen (secondary N) is 1. The number of aryl methyl sites for hydroxylation is 1. The SMILES string of the molecule is Cc1cc(Cl)ccc1OCCCC(=O)NCc1cccnc1-n1cncn1. The maximum Gasteiger partial charge on any atom is 0.220 e. The molecule has 0 spiro atoms. The Morgan fingerprint density at radius 3 is 3.00 bits per heavy atom. The largest absolute Gasteiger partial charge is 0.493 e. The average Bonchev–Trinajstić information content (AvgIpc) is 3.20. The van der Waals surface area contributed by atoms with E-state index >= 15 is 0 Å². The summed E-state index contributed by atoms with van der Waals surface area (Å²) < 4.78 is 7.28. The van der Waals surface area contributed by atoms with Gasteiger partial charge in [-0.3, -0.25) is 4.79 Å². The fourth-order valence-electron chi connectivity index (χ4n) is 2.56. The van der Waals surface area contributed by atoms with Gasteiger partial charge in [-0.25, -0.2) is 14.6 Å². The van der Waals surface area contributed by atoms with Crippen LogP contribution in [0.3, 0.4) is 0 Å². The maximum absolute atomic E-state index is 12.1. The zero-order chi connectivity index (χ0) is 19.1. The maximum atomic E-state index is 12.1. The molecule has 140 valence electrons. The number of aromatic nitrogens is 4. The van der Waals surface area contributed by atoms with Gasteiger partial charge in [-0.2, -0.15) is 5.10 Å². The standard InChI is InChI=1S/C19H20ClN5O2/c1-14-10-16(20)6-7-17(14)27-9-3-5-18(26)23-11-15-4-2-8-22-19(15)25-13-21-12-24-25/h2,4,6-8,10,12-13H,3,5,9,11H2,1H3,(H,23,26). The summed E-state index contributed by atoms with van der Waals surface area (Å²) in [6.07, 6.45) is 5.70.